The number of hydrogen-bond acceptors (Lipinski definition) is 7. The standard InChI is InChI=1S/C17H19BrN4O6S/c1-7-11(18)4-21(20-7)8(2)14(24)19-12-15(25)22-13(17(26)27)10(5-28-9(3)23)6-29-16(12)22/h4,8,12,16H,5-6H2,1-3H3,(H,19,24)(H,26,27)/t8-,12+,16+/m1/s1. The first-order valence-electron chi connectivity index (χ1n) is 8.66. The fourth-order valence-electron chi connectivity index (χ4n) is 3.03. The van der Waals surface area contributed by atoms with Crippen molar-refractivity contribution in [2.75, 3.05) is 12.4 Å². The van der Waals surface area contributed by atoms with Crippen molar-refractivity contribution in [2.45, 2.75) is 38.2 Å². The van der Waals surface area contributed by atoms with E-state index in [9.17, 15) is 24.3 Å². The molecule has 2 aliphatic heterocycles. The van der Waals surface area contributed by atoms with E-state index in [1.165, 1.54) is 23.4 Å². The minimum absolute atomic E-state index is 0.190. The second-order valence-corrected chi connectivity index (χ2v) is 8.61. The van der Waals surface area contributed by atoms with Crippen LogP contribution in [0.1, 0.15) is 25.6 Å². The van der Waals surface area contributed by atoms with Gasteiger partial charge in [0.2, 0.25) is 5.91 Å². The number of aryl methyl sites for hydroxylation is 1. The van der Waals surface area contributed by atoms with Crippen molar-refractivity contribution in [3.05, 3.63) is 27.6 Å². The zero-order chi connectivity index (χ0) is 21.5. The summed E-state index contributed by atoms with van der Waals surface area (Å²) in [4.78, 5) is 49.1. The molecule has 1 aromatic heterocycles. The number of β-lactam (4-membered cyclic amide) rings is 1. The van der Waals surface area contributed by atoms with Gasteiger partial charge in [-0.15, -0.1) is 11.8 Å². The summed E-state index contributed by atoms with van der Waals surface area (Å²) in [5, 5.41) is 15.9. The number of carbonyl (C=O) groups excluding carboxylic acids is 3. The number of nitrogens with zero attached hydrogens (tertiary/aromatic N) is 3. The minimum Gasteiger partial charge on any atom is -0.477 e. The van der Waals surface area contributed by atoms with Gasteiger partial charge in [0.15, 0.2) is 0 Å². The maximum atomic E-state index is 12.6. The molecule has 3 rings (SSSR count). The molecule has 0 bridgehead atoms. The van der Waals surface area contributed by atoms with Gasteiger partial charge in [0.25, 0.3) is 5.91 Å². The Kier molecular flexibility index (Phi) is 6.03. The van der Waals surface area contributed by atoms with Crippen LogP contribution in [0.15, 0.2) is 21.9 Å². The average molecular weight is 487 g/mol. The topological polar surface area (TPSA) is 131 Å². The maximum Gasteiger partial charge on any atom is 0.352 e. The second-order valence-electron chi connectivity index (χ2n) is 6.65. The van der Waals surface area contributed by atoms with Gasteiger partial charge in [0, 0.05) is 24.4 Å². The number of carboxylic acid groups (broad SMARTS) is 1. The molecule has 2 aliphatic rings. The van der Waals surface area contributed by atoms with E-state index in [1.54, 1.807) is 20.0 Å². The number of rotatable bonds is 6. The first-order chi connectivity index (χ1) is 13.6. The molecule has 1 saturated heterocycles. The smallest absolute Gasteiger partial charge is 0.352 e. The molecule has 29 heavy (non-hydrogen) atoms. The zero-order valence-electron chi connectivity index (χ0n) is 15.8. The Labute approximate surface area is 178 Å². The Morgan fingerprint density at radius 1 is 1.48 bits per heavy atom. The molecule has 0 aliphatic carbocycles. The Balaban J connectivity index is 1.72. The van der Waals surface area contributed by atoms with Crippen LogP contribution in [0.2, 0.25) is 0 Å². The number of aliphatic carboxylic acids is 1. The molecule has 2 amide bonds. The summed E-state index contributed by atoms with van der Waals surface area (Å²) in [7, 11) is 0. The van der Waals surface area contributed by atoms with E-state index in [0.717, 1.165) is 15.1 Å². The Bertz CT molecular complexity index is 910. The van der Waals surface area contributed by atoms with Crippen molar-refractivity contribution < 1.29 is 29.0 Å². The van der Waals surface area contributed by atoms with Gasteiger partial charge in [-0.3, -0.25) is 24.0 Å². The van der Waals surface area contributed by atoms with E-state index in [4.69, 9.17) is 4.74 Å². The van der Waals surface area contributed by atoms with Crippen LogP contribution in [0.3, 0.4) is 0 Å². The summed E-state index contributed by atoms with van der Waals surface area (Å²) in [5.41, 5.74) is 0.886. The predicted molar refractivity (Wildman–Crippen MR) is 106 cm³/mol. The normalized spacial score (nSPS) is 21.9. The first kappa shape index (κ1) is 21.4. The maximum absolute atomic E-state index is 12.6. The Hall–Kier alpha value is -2.34. The number of hydrogen-bond donors (Lipinski definition) is 2. The summed E-state index contributed by atoms with van der Waals surface area (Å²) < 4.78 is 7.15. The molecular formula is C17H19BrN4O6S. The molecule has 3 heterocycles. The highest BCUT2D eigenvalue weighted by Gasteiger charge is 2.54. The summed E-state index contributed by atoms with van der Waals surface area (Å²) in [6.07, 6.45) is 1.68. The molecule has 0 radical (unpaired) electrons. The molecule has 156 valence electrons. The molecule has 3 atom stereocenters. The lowest BCUT2D eigenvalue weighted by Gasteiger charge is -2.49. The second kappa shape index (κ2) is 8.19. The fourth-order valence-corrected chi connectivity index (χ4v) is 4.65. The number of carboxylic acids is 1. The van der Waals surface area contributed by atoms with Crippen LogP contribution in [-0.4, -0.2) is 67.3 Å². The van der Waals surface area contributed by atoms with E-state index in [1.807, 2.05) is 0 Å². The molecule has 0 aromatic carbocycles. The lowest BCUT2D eigenvalue weighted by atomic mass is 10.0. The van der Waals surface area contributed by atoms with Crippen molar-refractivity contribution in [1.29, 1.82) is 0 Å². The quantitative estimate of drug-likeness (QED) is 0.446. The number of nitrogens with one attached hydrogen (secondary N) is 1. The SMILES string of the molecule is CC(=O)OCC1=C(C(=O)O)N2C(=O)[C@H](NC(=O)[C@@H](C)n3cc(Br)c(C)n3)[C@@H]2SC1. The van der Waals surface area contributed by atoms with Crippen LogP contribution >= 0.6 is 27.7 Å². The minimum atomic E-state index is -1.28. The van der Waals surface area contributed by atoms with Crippen LogP contribution in [-0.2, 0) is 23.9 Å². The van der Waals surface area contributed by atoms with Gasteiger partial charge in [-0.1, -0.05) is 0 Å². The monoisotopic (exact) mass is 486 g/mol. The zero-order valence-corrected chi connectivity index (χ0v) is 18.2. The third-order valence-corrected chi connectivity index (χ3v) is 6.75. The van der Waals surface area contributed by atoms with E-state index < -0.39 is 41.2 Å². The van der Waals surface area contributed by atoms with Crippen LogP contribution in [0.4, 0.5) is 0 Å². The highest BCUT2D eigenvalue weighted by Crippen LogP contribution is 2.40. The third-order valence-electron chi connectivity index (χ3n) is 4.63. The van der Waals surface area contributed by atoms with Crippen molar-refractivity contribution in [3.8, 4) is 0 Å². The largest absolute Gasteiger partial charge is 0.477 e. The molecule has 12 heteroatoms. The van der Waals surface area contributed by atoms with E-state index >= 15 is 0 Å². The molecule has 10 nitrogen and oxygen atoms in total. The van der Waals surface area contributed by atoms with Crippen molar-refractivity contribution in [2.24, 2.45) is 0 Å². The van der Waals surface area contributed by atoms with Crippen LogP contribution in [0.5, 0.6) is 0 Å². The Morgan fingerprint density at radius 2 is 2.17 bits per heavy atom. The van der Waals surface area contributed by atoms with Gasteiger partial charge >= 0.3 is 11.9 Å². The van der Waals surface area contributed by atoms with Crippen molar-refractivity contribution in [1.82, 2.24) is 20.0 Å². The van der Waals surface area contributed by atoms with Gasteiger partial charge in [-0.2, -0.15) is 5.10 Å². The molecule has 0 unspecified atom stereocenters. The number of halogens is 1. The number of carbonyl (C=O) groups is 4. The fraction of sp³-hybridized carbons (Fsp3) is 0.471. The van der Waals surface area contributed by atoms with Gasteiger partial charge in [-0.25, -0.2) is 4.79 Å². The molecule has 1 fully saturated rings. The van der Waals surface area contributed by atoms with Gasteiger partial charge in [-0.05, 0) is 29.8 Å². The molecule has 1 aromatic rings. The summed E-state index contributed by atoms with van der Waals surface area (Å²) in [6, 6.07) is -1.48. The van der Waals surface area contributed by atoms with Gasteiger partial charge in [0.1, 0.15) is 29.8 Å². The number of thioether (sulfide) groups is 1. The number of ether oxygens (including phenoxy) is 1. The molecule has 0 spiro atoms. The van der Waals surface area contributed by atoms with Gasteiger partial charge < -0.3 is 15.2 Å². The highest BCUT2D eigenvalue weighted by molar-refractivity contribution is 9.10. The Morgan fingerprint density at radius 3 is 2.72 bits per heavy atom. The molecule has 0 saturated carbocycles. The lowest BCUT2D eigenvalue weighted by Crippen LogP contribution is -2.71. The summed E-state index contributed by atoms with van der Waals surface area (Å²) in [6.45, 7) is 4.48. The van der Waals surface area contributed by atoms with Crippen molar-refractivity contribution in [3.63, 3.8) is 0 Å². The lowest BCUT2D eigenvalue weighted by molar-refractivity contribution is -0.151. The van der Waals surface area contributed by atoms with E-state index in [-0.39, 0.29) is 18.1 Å². The third kappa shape index (κ3) is 4.04. The highest BCUT2D eigenvalue weighted by atomic mass is 79.9. The number of amides is 2. The molecular weight excluding hydrogens is 468 g/mol. The predicted octanol–water partition coefficient (Wildman–Crippen LogP) is 0.817. The first-order valence-corrected chi connectivity index (χ1v) is 10.5. The van der Waals surface area contributed by atoms with Crippen molar-refractivity contribution >= 4 is 51.4 Å². The van der Waals surface area contributed by atoms with Crippen LogP contribution in [0, 0.1) is 6.92 Å². The van der Waals surface area contributed by atoms with Crippen LogP contribution < -0.4 is 5.32 Å². The number of aromatic nitrogens is 2. The van der Waals surface area contributed by atoms with E-state index in [2.05, 4.69) is 26.3 Å². The number of esters is 1. The molecule has 2 N–H and O–H groups in total. The summed E-state index contributed by atoms with van der Waals surface area (Å²) >= 11 is 4.65. The van der Waals surface area contributed by atoms with E-state index in [0.29, 0.717) is 5.57 Å². The number of fused-ring (bicyclic) bond motifs is 1. The average Bonchev–Trinajstić information content (AvgIpc) is 3.00. The van der Waals surface area contributed by atoms with Crippen LogP contribution in [0.25, 0.3) is 0 Å². The van der Waals surface area contributed by atoms with Gasteiger partial charge in [0.05, 0.1) is 10.2 Å². The summed E-state index contributed by atoms with van der Waals surface area (Å²) in [5.74, 6) is -2.45.